The molecule has 0 aliphatic rings. The monoisotopic (exact) mass is 438 g/mol. The zero-order valence-electron chi connectivity index (χ0n) is 19.7. The molecule has 1 N–H and O–H groups in total. The quantitative estimate of drug-likeness (QED) is 0.489. The van der Waals surface area contributed by atoms with Crippen LogP contribution in [0.25, 0.3) is 11.0 Å². The lowest BCUT2D eigenvalue weighted by Crippen LogP contribution is -2.47. The molecule has 1 aromatic carbocycles. The fourth-order valence-electron chi connectivity index (χ4n) is 3.88. The number of nitrogens with one attached hydrogen (secondary N) is 1. The van der Waals surface area contributed by atoms with Gasteiger partial charge in [-0.1, -0.05) is 33.8 Å². The van der Waals surface area contributed by atoms with E-state index >= 15 is 0 Å². The van der Waals surface area contributed by atoms with Crippen molar-refractivity contribution in [3.8, 4) is 0 Å². The minimum absolute atomic E-state index is 0.128. The maximum Gasteiger partial charge on any atom is 0.235 e. The Hall–Kier alpha value is -3.09. The normalized spacial score (nSPS) is 12.5. The Labute approximate surface area is 189 Å². The van der Waals surface area contributed by atoms with E-state index in [-0.39, 0.29) is 11.8 Å². The highest BCUT2D eigenvalue weighted by atomic mass is 16.3. The molecule has 0 aliphatic carbocycles. The summed E-state index contributed by atoms with van der Waals surface area (Å²) in [5, 5.41) is 3.97. The average molecular weight is 439 g/mol. The third-order valence-electron chi connectivity index (χ3n) is 5.41. The Morgan fingerprint density at radius 2 is 1.84 bits per heavy atom. The number of aromatic nitrogens is 2. The molecule has 0 fully saturated rings. The van der Waals surface area contributed by atoms with Crippen LogP contribution in [0.4, 0.5) is 0 Å². The van der Waals surface area contributed by atoms with Crippen LogP contribution < -0.4 is 5.32 Å². The third-order valence-corrected chi connectivity index (χ3v) is 5.41. The van der Waals surface area contributed by atoms with Crippen LogP contribution in [-0.4, -0.2) is 39.4 Å². The fourth-order valence-corrected chi connectivity index (χ4v) is 3.88. The second-order valence-electron chi connectivity index (χ2n) is 9.29. The lowest BCUT2D eigenvalue weighted by Gasteiger charge is -2.30. The summed E-state index contributed by atoms with van der Waals surface area (Å²) >= 11 is 0. The van der Waals surface area contributed by atoms with Crippen molar-refractivity contribution in [2.75, 3.05) is 13.1 Å². The number of aryl methyl sites for hydroxylation is 1. The number of hydrogen-bond acceptors (Lipinski definition) is 4. The molecule has 2 amide bonds. The number of benzene rings is 1. The van der Waals surface area contributed by atoms with Crippen LogP contribution in [-0.2, 0) is 29.6 Å². The zero-order valence-corrected chi connectivity index (χ0v) is 19.7. The van der Waals surface area contributed by atoms with E-state index in [1.165, 1.54) is 0 Å². The van der Waals surface area contributed by atoms with E-state index in [9.17, 15) is 9.59 Å². The van der Waals surface area contributed by atoms with Crippen LogP contribution in [0.2, 0.25) is 0 Å². The number of rotatable bonds is 10. The summed E-state index contributed by atoms with van der Waals surface area (Å²) in [6.45, 7) is 9.95. The number of imidazole rings is 1. The highest BCUT2D eigenvalue weighted by Crippen LogP contribution is 2.18. The Balaban J connectivity index is 1.79. The second kappa shape index (κ2) is 10.5. The van der Waals surface area contributed by atoms with Gasteiger partial charge in [0.05, 0.1) is 12.6 Å². The largest absolute Gasteiger partial charge is 0.464 e. The van der Waals surface area contributed by atoms with Gasteiger partial charge >= 0.3 is 0 Å². The van der Waals surface area contributed by atoms with Crippen molar-refractivity contribution in [3.63, 3.8) is 0 Å². The zero-order chi connectivity index (χ0) is 23.3. The van der Waals surface area contributed by atoms with E-state index in [0.29, 0.717) is 37.9 Å². The summed E-state index contributed by atoms with van der Waals surface area (Å²) in [4.78, 5) is 32.8. The van der Waals surface area contributed by atoms with Crippen molar-refractivity contribution < 1.29 is 14.0 Å². The predicted molar refractivity (Wildman–Crippen MR) is 125 cm³/mol. The summed E-state index contributed by atoms with van der Waals surface area (Å²) in [5.74, 6) is -0.558. The maximum atomic E-state index is 13.6. The molecule has 0 saturated carbocycles. The molecule has 1 atom stereocenters. The van der Waals surface area contributed by atoms with Crippen molar-refractivity contribution in [2.45, 2.75) is 40.7 Å². The van der Waals surface area contributed by atoms with Crippen LogP contribution in [0, 0.1) is 17.8 Å². The molecule has 172 valence electrons. The van der Waals surface area contributed by atoms with Gasteiger partial charge in [0.1, 0.15) is 11.5 Å². The van der Waals surface area contributed by atoms with Crippen LogP contribution in [0.15, 0.2) is 47.5 Å². The standard InChI is InChI=1S/C25H34N4O3/c1-17(2)14-29(15-18(3)4)25(31)22(11-21-13-26-16-28(21)5)24(30)27-12-19-6-7-23-20(10-19)8-9-32-23/h6-10,13,16-18,22H,11-12,14-15H2,1-5H3,(H,27,30). The molecule has 2 heterocycles. The lowest BCUT2D eigenvalue weighted by molar-refractivity contribution is -0.143. The van der Waals surface area contributed by atoms with Gasteiger partial charge in [-0.25, -0.2) is 4.98 Å². The van der Waals surface area contributed by atoms with E-state index in [0.717, 1.165) is 22.2 Å². The first kappa shape index (κ1) is 23.6. The minimum Gasteiger partial charge on any atom is -0.464 e. The summed E-state index contributed by atoms with van der Waals surface area (Å²) in [6, 6.07) is 7.70. The second-order valence-corrected chi connectivity index (χ2v) is 9.29. The highest BCUT2D eigenvalue weighted by Gasteiger charge is 2.32. The van der Waals surface area contributed by atoms with Gasteiger partial charge in [-0.15, -0.1) is 0 Å². The molecule has 0 radical (unpaired) electrons. The first-order valence-electron chi connectivity index (χ1n) is 11.2. The Morgan fingerprint density at radius 1 is 1.12 bits per heavy atom. The van der Waals surface area contributed by atoms with Crippen LogP contribution in [0.3, 0.4) is 0 Å². The molecule has 3 aromatic rings. The first-order chi connectivity index (χ1) is 15.2. The smallest absolute Gasteiger partial charge is 0.235 e. The molecule has 3 rings (SSSR count). The molecular weight excluding hydrogens is 404 g/mol. The number of furan rings is 1. The minimum atomic E-state index is -0.805. The third kappa shape index (κ3) is 5.99. The Morgan fingerprint density at radius 3 is 2.47 bits per heavy atom. The maximum absolute atomic E-state index is 13.6. The number of nitrogens with zero attached hydrogens (tertiary/aromatic N) is 3. The van der Waals surface area contributed by atoms with Gasteiger partial charge in [-0.3, -0.25) is 9.59 Å². The number of carbonyl (C=O) groups is 2. The van der Waals surface area contributed by atoms with Crippen molar-refractivity contribution in [1.82, 2.24) is 19.8 Å². The van der Waals surface area contributed by atoms with Gasteiger partial charge in [0.25, 0.3) is 0 Å². The van der Waals surface area contributed by atoms with Gasteiger partial charge in [-0.05, 0) is 35.6 Å². The molecule has 0 spiro atoms. The predicted octanol–water partition coefficient (Wildman–Crippen LogP) is 3.78. The van der Waals surface area contributed by atoms with Crippen LogP contribution >= 0.6 is 0 Å². The molecule has 7 heteroatoms. The summed E-state index contributed by atoms with van der Waals surface area (Å²) < 4.78 is 7.24. The summed E-state index contributed by atoms with van der Waals surface area (Å²) in [7, 11) is 1.88. The van der Waals surface area contributed by atoms with E-state index in [1.54, 1.807) is 18.8 Å². The highest BCUT2D eigenvalue weighted by molar-refractivity contribution is 6.00. The number of hydrogen-bond donors (Lipinski definition) is 1. The van der Waals surface area contributed by atoms with Gasteiger partial charge in [-0.2, -0.15) is 0 Å². The van der Waals surface area contributed by atoms with E-state index < -0.39 is 5.92 Å². The molecular formula is C25H34N4O3. The molecule has 0 bridgehead atoms. The summed E-state index contributed by atoms with van der Waals surface area (Å²) in [5.41, 5.74) is 2.62. The fraction of sp³-hybridized carbons (Fsp3) is 0.480. The Bertz CT molecular complexity index is 1040. The average Bonchev–Trinajstić information content (AvgIpc) is 3.36. The van der Waals surface area contributed by atoms with Gasteiger partial charge in [0, 0.05) is 50.4 Å². The molecule has 1 unspecified atom stereocenters. The van der Waals surface area contributed by atoms with Crippen LogP contribution in [0.5, 0.6) is 0 Å². The molecule has 0 aliphatic heterocycles. The van der Waals surface area contributed by atoms with Gasteiger partial charge in [0.2, 0.25) is 11.8 Å². The molecule has 32 heavy (non-hydrogen) atoms. The van der Waals surface area contributed by atoms with Crippen molar-refractivity contribution in [1.29, 1.82) is 0 Å². The molecule has 0 saturated heterocycles. The number of carbonyl (C=O) groups excluding carboxylic acids is 2. The summed E-state index contributed by atoms with van der Waals surface area (Å²) in [6.07, 6.45) is 5.37. The van der Waals surface area contributed by atoms with Crippen molar-refractivity contribution >= 4 is 22.8 Å². The lowest BCUT2D eigenvalue weighted by atomic mass is 9.98. The van der Waals surface area contributed by atoms with Crippen LogP contribution in [0.1, 0.15) is 39.0 Å². The van der Waals surface area contributed by atoms with E-state index in [1.807, 2.05) is 40.8 Å². The number of fused-ring (bicyclic) bond motifs is 1. The van der Waals surface area contributed by atoms with E-state index in [2.05, 4.69) is 38.0 Å². The van der Waals surface area contributed by atoms with Gasteiger partial charge in [0.15, 0.2) is 0 Å². The van der Waals surface area contributed by atoms with Crippen molar-refractivity contribution in [2.24, 2.45) is 24.8 Å². The topological polar surface area (TPSA) is 80.4 Å². The molecule has 2 aromatic heterocycles. The SMILES string of the molecule is CC(C)CN(CC(C)C)C(=O)C(Cc1cncn1C)C(=O)NCc1ccc2occc2c1. The first-order valence-corrected chi connectivity index (χ1v) is 11.2. The molecule has 7 nitrogen and oxygen atoms in total. The van der Waals surface area contributed by atoms with Crippen molar-refractivity contribution in [3.05, 3.63) is 54.3 Å². The van der Waals surface area contributed by atoms with Gasteiger partial charge < -0.3 is 19.2 Å². The Kier molecular flexibility index (Phi) is 7.72. The van der Waals surface area contributed by atoms with E-state index in [4.69, 9.17) is 4.42 Å². The number of amides is 2.